The van der Waals surface area contributed by atoms with Gasteiger partial charge in [0, 0.05) is 12.1 Å². The maximum atomic E-state index is 11.6. The van der Waals surface area contributed by atoms with Gasteiger partial charge in [-0.25, -0.2) is 4.79 Å². The summed E-state index contributed by atoms with van der Waals surface area (Å²) in [6.07, 6.45) is 3.35. The predicted molar refractivity (Wildman–Crippen MR) is 69.8 cm³/mol. The van der Waals surface area contributed by atoms with E-state index in [9.17, 15) is 14.7 Å². The van der Waals surface area contributed by atoms with E-state index in [1.807, 2.05) is 11.8 Å². The highest BCUT2D eigenvalue weighted by atomic mass is 32.2. The molecule has 1 N–H and O–H groups in total. The van der Waals surface area contributed by atoms with Gasteiger partial charge in [0.25, 0.3) is 0 Å². The third kappa shape index (κ3) is 2.53. The zero-order chi connectivity index (χ0) is 13.1. The van der Waals surface area contributed by atoms with Crippen LogP contribution in [0.4, 0.5) is 0 Å². The van der Waals surface area contributed by atoms with Crippen molar-refractivity contribution < 1.29 is 14.6 Å². The number of nitrogens with zero attached hydrogens (tertiary/aromatic N) is 1. The smallest absolute Gasteiger partial charge is 0.352 e. The average Bonchev–Trinajstić information content (AvgIpc) is 2.39. The van der Waals surface area contributed by atoms with E-state index in [1.54, 1.807) is 4.57 Å². The minimum absolute atomic E-state index is 0.0395. The SMILES string of the molecule is COc1cn(C2CCSCC2)c(C(=O)O)cc1=O. The summed E-state index contributed by atoms with van der Waals surface area (Å²) in [7, 11) is 1.41. The maximum absolute atomic E-state index is 11.6. The van der Waals surface area contributed by atoms with Crippen LogP contribution in [-0.2, 0) is 0 Å². The van der Waals surface area contributed by atoms with Crippen molar-refractivity contribution in [1.29, 1.82) is 0 Å². The number of hydrogen-bond acceptors (Lipinski definition) is 4. The lowest BCUT2D eigenvalue weighted by Crippen LogP contribution is -2.24. The summed E-state index contributed by atoms with van der Waals surface area (Å²) in [5, 5.41) is 9.18. The zero-order valence-electron chi connectivity index (χ0n) is 10.1. The van der Waals surface area contributed by atoms with Crippen molar-refractivity contribution >= 4 is 17.7 Å². The summed E-state index contributed by atoms with van der Waals surface area (Å²) in [5.74, 6) is 1.14. The van der Waals surface area contributed by atoms with E-state index in [0.29, 0.717) is 0 Å². The summed E-state index contributed by atoms with van der Waals surface area (Å²) in [4.78, 5) is 22.8. The Morgan fingerprint density at radius 3 is 2.72 bits per heavy atom. The normalized spacial score (nSPS) is 16.5. The first-order chi connectivity index (χ1) is 8.63. The number of pyridine rings is 1. The first kappa shape index (κ1) is 13.0. The Kier molecular flexibility index (Phi) is 3.96. The molecule has 0 saturated carbocycles. The van der Waals surface area contributed by atoms with Gasteiger partial charge in [0.2, 0.25) is 5.43 Å². The molecule has 1 aliphatic heterocycles. The zero-order valence-corrected chi connectivity index (χ0v) is 10.9. The standard InChI is InChI=1S/C12H15NO4S/c1-17-11-7-13(8-2-4-18-5-3-8)9(12(15)16)6-10(11)14/h6-8H,2-5H2,1H3,(H,15,16). The molecule has 0 amide bonds. The molecule has 0 aliphatic carbocycles. The highest BCUT2D eigenvalue weighted by molar-refractivity contribution is 7.99. The summed E-state index contributed by atoms with van der Waals surface area (Å²) < 4.78 is 6.65. The first-order valence-corrected chi connectivity index (χ1v) is 6.90. The number of hydrogen-bond donors (Lipinski definition) is 1. The minimum atomic E-state index is -1.08. The van der Waals surface area contributed by atoms with Crippen LogP contribution in [0.1, 0.15) is 29.4 Å². The average molecular weight is 269 g/mol. The fourth-order valence-electron chi connectivity index (χ4n) is 2.12. The van der Waals surface area contributed by atoms with Gasteiger partial charge in [-0.15, -0.1) is 0 Å². The molecule has 1 fully saturated rings. The lowest BCUT2D eigenvalue weighted by atomic mass is 10.1. The van der Waals surface area contributed by atoms with Gasteiger partial charge >= 0.3 is 5.97 Å². The monoisotopic (exact) mass is 269 g/mol. The van der Waals surface area contributed by atoms with E-state index >= 15 is 0 Å². The van der Waals surface area contributed by atoms with E-state index < -0.39 is 11.4 Å². The van der Waals surface area contributed by atoms with Crippen LogP contribution in [0, 0.1) is 0 Å². The molecule has 0 bridgehead atoms. The van der Waals surface area contributed by atoms with Crippen molar-refractivity contribution in [2.45, 2.75) is 18.9 Å². The van der Waals surface area contributed by atoms with Crippen LogP contribution in [-0.4, -0.2) is 34.3 Å². The van der Waals surface area contributed by atoms with Crippen molar-refractivity contribution in [2.24, 2.45) is 0 Å². The molecule has 98 valence electrons. The highest BCUT2D eigenvalue weighted by Crippen LogP contribution is 2.28. The minimum Gasteiger partial charge on any atom is -0.491 e. The van der Waals surface area contributed by atoms with Gasteiger partial charge in [-0.2, -0.15) is 11.8 Å². The number of aromatic nitrogens is 1. The highest BCUT2D eigenvalue weighted by Gasteiger charge is 2.21. The molecule has 0 spiro atoms. The van der Waals surface area contributed by atoms with Crippen molar-refractivity contribution in [3.05, 3.63) is 28.2 Å². The van der Waals surface area contributed by atoms with Crippen LogP contribution in [0.2, 0.25) is 0 Å². The van der Waals surface area contributed by atoms with Gasteiger partial charge in [-0.1, -0.05) is 0 Å². The van der Waals surface area contributed by atoms with Gasteiger partial charge in [0.1, 0.15) is 5.69 Å². The fraction of sp³-hybridized carbons (Fsp3) is 0.500. The molecule has 6 heteroatoms. The molecule has 1 saturated heterocycles. The Morgan fingerprint density at radius 1 is 1.50 bits per heavy atom. The van der Waals surface area contributed by atoms with Gasteiger partial charge < -0.3 is 14.4 Å². The molecule has 0 unspecified atom stereocenters. The molecular formula is C12H15NO4S. The number of rotatable bonds is 3. The molecule has 0 aromatic carbocycles. The number of methoxy groups -OCH3 is 1. The van der Waals surface area contributed by atoms with E-state index in [1.165, 1.54) is 13.3 Å². The number of carbonyl (C=O) groups is 1. The Balaban J connectivity index is 2.48. The van der Waals surface area contributed by atoms with Crippen LogP contribution in [0.5, 0.6) is 5.75 Å². The number of carboxylic acids is 1. The fourth-order valence-corrected chi connectivity index (χ4v) is 3.20. The van der Waals surface area contributed by atoms with Gasteiger partial charge in [0.15, 0.2) is 5.75 Å². The quantitative estimate of drug-likeness (QED) is 0.903. The lowest BCUT2D eigenvalue weighted by Gasteiger charge is -2.26. The third-order valence-electron chi connectivity index (χ3n) is 3.07. The molecule has 0 radical (unpaired) electrons. The lowest BCUT2D eigenvalue weighted by molar-refractivity contribution is 0.0680. The van der Waals surface area contributed by atoms with Crippen molar-refractivity contribution in [1.82, 2.24) is 4.57 Å². The van der Waals surface area contributed by atoms with E-state index in [2.05, 4.69) is 0 Å². The van der Waals surface area contributed by atoms with Gasteiger partial charge in [-0.3, -0.25) is 4.79 Å². The Morgan fingerprint density at radius 2 is 2.17 bits per heavy atom. The van der Waals surface area contributed by atoms with Gasteiger partial charge in [-0.05, 0) is 24.3 Å². The van der Waals surface area contributed by atoms with E-state index in [4.69, 9.17) is 4.74 Å². The number of aromatic carboxylic acids is 1. The third-order valence-corrected chi connectivity index (χ3v) is 4.12. The summed E-state index contributed by atoms with van der Waals surface area (Å²) >= 11 is 1.87. The Hall–Kier alpha value is -1.43. The molecule has 1 aromatic rings. The van der Waals surface area contributed by atoms with Crippen LogP contribution in [0.15, 0.2) is 17.1 Å². The van der Waals surface area contributed by atoms with Gasteiger partial charge in [0.05, 0.1) is 13.3 Å². The molecule has 1 aromatic heterocycles. The maximum Gasteiger partial charge on any atom is 0.352 e. The number of ether oxygens (including phenoxy) is 1. The predicted octanol–water partition coefficient (Wildman–Crippen LogP) is 1.62. The largest absolute Gasteiger partial charge is 0.491 e. The first-order valence-electron chi connectivity index (χ1n) is 5.74. The molecule has 2 heterocycles. The Labute approximate surface area is 109 Å². The van der Waals surface area contributed by atoms with E-state index in [0.717, 1.165) is 30.4 Å². The van der Waals surface area contributed by atoms with Crippen molar-refractivity contribution in [2.75, 3.05) is 18.6 Å². The molecule has 5 nitrogen and oxygen atoms in total. The van der Waals surface area contributed by atoms with Crippen LogP contribution < -0.4 is 10.2 Å². The van der Waals surface area contributed by atoms with Crippen LogP contribution in [0.3, 0.4) is 0 Å². The summed E-state index contributed by atoms with van der Waals surface area (Å²) in [6.45, 7) is 0. The number of carboxylic acid groups (broad SMARTS) is 1. The summed E-state index contributed by atoms with van der Waals surface area (Å²) in [6, 6.07) is 1.27. The second kappa shape index (κ2) is 5.48. The molecule has 18 heavy (non-hydrogen) atoms. The van der Waals surface area contributed by atoms with Crippen molar-refractivity contribution in [3.8, 4) is 5.75 Å². The second-order valence-corrected chi connectivity index (χ2v) is 5.37. The second-order valence-electron chi connectivity index (χ2n) is 4.15. The molecule has 1 aliphatic rings. The molecule has 0 atom stereocenters. The van der Waals surface area contributed by atoms with Crippen LogP contribution in [0.25, 0.3) is 0 Å². The van der Waals surface area contributed by atoms with Crippen LogP contribution >= 0.6 is 11.8 Å². The molecule has 2 rings (SSSR count). The Bertz CT molecular complexity index is 505. The molecular weight excluding hydrogens is 254 g/mol. The topological polar surface area (TPSA) is 68.5 Å². The van der Waals surface area contributed by atoms with Crippen molar-refractivity contribution in [3.63, 3.8) is 0 Å². The van der Waals surface area contributed by atoms with E-state index in [-0.39, 0.29) is 17.5 Å². The number of thioether (sulfide) groups is 1. The summed E-state index contributed by atoms with van der Waals surface area (Å²) in [5.41, 5.74) is -0.353.